The van der Waals surface area contributed by atoms with Crippen molar-refractivity contribution in [2.24, 2.45) is 0 Å². The van der Waals surface area contributed by atoms with E-state index < -0.39 is 5.60 Å². The molecule has 14 heteroatoms. The Bertz CT molecular complexity index is 1700. The molecule has 4 aromatic rings. The van der Waals surface area contributed by atoms with Gasteiger partial charge in [0.2, 0.25) is 11.9 Å². The number of benzene rings is 1. The minimum atomic E-state index is -1.17. The monoisotopic (exact) mass is 661 g/mol. The predicted octanol–water partition coefficient (Wildman–Crippen LogP) is 2.72. The molecule has 0 aliphatic rings. The number of fused-ring (bicyclic) bond motifs is 1. The van der Waals surface area contributed by atoms with Gasteiger partial charge < -0.3 is 35.4 Å². The number of aliphatic hydroxyl groups is 1. The van der Waals surface area contributed by atoms with Gasteiger partial charge in [0, 0.05) is 50.7 Å². The van der Waals surface area contributed by atoms with Crippen molar-refractivity contribution in [2.45, 2.75) is 38.8 Å². The maximum atomic E-state index is 13.3. The van der Waals surface area contributed by atoms with Gasteiger partial charge >= 0.3 is 0 Å². The lowest BCUT2D eigenvalue weighted by atomic mass is 10.1. The summed E-state index contributed by atoms with van der Waals surface area (Å²) in [5, 5.41) is 20.0. The molecule has 0 aliphatic heterocycles. The second-order valence-corrected chi connectivity index (χ2v) is 11.7. The molecule has 0 saturated carbocycles. The van der Waals surface area contributed by atoms with Crippen LogP contribution in [0.5, 0.6) is 0 Å². The maximum absolute atomic E-state index is 13.3. The molecule has 0 unspecified atom stereocenters. The number of hydrogen-bond acceptors (Lipinski definition) is 11. The number of anilines is 3. The average Bonchev–Trinajstić information content (AvgIpc) is 3.34. The van der Waals surface area contributed by atoms with Crippen LogP contribution in [0.3, 0.4) is 0 Å². The van der Waals surface area contributed by atoms with Gasteiger partial charge in [-0.2, -0.15) is 4.98 Å². The molecular formula is C34H47N9O5. The minimum Gasteiger partial charge on any atom is -0.384 e. The first-order chi connectivity index (χ1) is 23.1. The fourth-order valence-electron chi connectivity index (χ4n) is 4.84. The molecule has 0 saturated heterocycles. The van der Waals surface area contributed by atoms with Crippen LogP contribution in [0.4, 0.5) is 17.3 Å². The normalized spacial score (nSPS) is 11.5. The highest BCUT2D eigenvalue weighted by molar-refractivity contribution is 5.77. The van der Waals surface area contributed by atoms with E-state index in [1.54, 1.807) is 42.8 Å². The Kier molecular flexibility index (Phi) is 13.2. The van der Waals surface area contributed by atoms with E-state index in [9.17, 15) is 14.7 Å². The van der Waals surface area contributed by atoms with Gasteiger partial charge in [-0.15, -0.1) is 6.58 Å². The number of amides is 1. The molecule has 0 radical (unpaired) electrons. The fraction of sp³-hybridized carbons (Fsp3) is 0.441. The van der Waals surface area contributed by atoms with Gasteiger partial charge in [-0.3, -0.25) is 9.59 Å². The number of carbonyl (C=O) groups excluding carboxylic acids is 1. The summed E-state index contributed by atoms with van der Waals surface area (Å²) in [7, 11) is 3.88. The Hall–Kier alpha value is -4.63. The lowest BCUT2D eigenvalue weighted by Crippen LogP contribution is -2.28. The number of carbonyl (C=O) groups is 1. The van der Waals surface area contributed by atoms with Crippen molar-refractivity contribution in [3.8, 4) is 5.82 Å². The molecule has 0 spiro atoms. The summed E-state index contributed by atoms with van der Waals surface area (Å²) in [6.45, 7) is 11.5. The van der Waals surface area contributed by atoms with Crippen molar-refractivity contribution in [3.63, 3.8) is 0 Å². The molecule has 0 fully saturated rings. The summed E-state index contributed by atoms with van der Waals surface area (Å²) >= 11 is 0. The largest absolute Gasteiger partial charge is 0.384 e. The summed E-state index contributed by atoms with van der Waals surface area (Å²) in [6.07, 6.45) is 4.24. The number of hydrogen-bond donors (Lipinski definition) is 4. The molecule has 48 heavy (non-hydrogen) atoms. The van der Waals surface area contributed by atoms with Crippen molar-refractivity contribution in [2.75, 3.05) is 70.4 Å². The molecule has 0 atom stereocenters. The van der Waals surface area contributed by atoms with Crippen LogP contribution in [0.2, 0.25) is 0 Å². The van der Waals surface area contributed by atoms with Crippen LogP contribution in [-0.2, 0) is 26.4 Å². The average molecular weight is 662 g/mol. The third-order valence-electron chi connectivity index (χ3n) is 7.45. The first-order valence-corrected chi connectivity index (χ1v) is 16.1. The molecule has 3 heterocycles. The van der Waals surface area contributed by atoms with E-state index in [4.69, 9.17) is 9.47 Å². The van der Waals surface area contributed by atoms with Crippen LogP contribution in [0, 0.1) is 0 Å². The van der Waals surface area contributed by atoms with E-state index >= 15 is 0 Å². The third-order valence-corrected chi connectivity index (χ3v) is 7.45. The Morgan fingerprint density at radius 3 is 2.52 bits per heavy atom. The molecule has 0 bridgehead atoms. The number of allylic oxidation sites excluding steroid dienone is 1. The van der Waals surface area contributed by atoms with E-state index in [2.05, 4.69) is 42.4 Å². The second kappa shape index (κ2) is 17.5. The molecule has 1 amide bonds. The lowest BCUT2D eigenvalue weighted by Gasteiger charge is -2.20. The Morgan fingerprint density at radius 2 is 1.81 bits per heavy atom. The van der Waals surface area contributed by atoms with Crippen LogP contribution < -0.4 is 26.4 Å². The van der Waals surface area contributed by atoms with Crippen molar-refractivity contribution in [3.05, 3.63) is 77.4 Å². The van der Waals surface area contributed by atoms with Gasteiger partial charge in [-0.1, -0.05) is 12.1 Å². The van der Waals surface area contributed by atoms with E-state index in [0.29, 0.717) is 67.9 Å². The van der Waals surface area contributed by atoms with Gasteiger partial charge in [0.1, 0.15) is 11.0 Å². The molecule has 3 aromatic heterocycles. The minimum absolute atomic E-state index is 0.0299. The maximum Gasteiger partial charge on any atom is 0.278 e. The first kappa shape index (κ1) is 36.2. The number of likely N-dealkylation sites (N-methyl/N-ethyl adjacent to an activating group) is 1. The molecule has 4 rings (SSSR count). The van der Waals surface area contributed by atoms with Crippen molar-refractivity contribution in [1.82, 2.24) is 34.9 Å². The van der Waals surface area contributed by atoms with Crippen molar-refractivity contribution < 1.29 is 19.4 Å². The summed E-state index contributed by atoms with van der Waals surface area (Å²) in [6, 6.07) is 13.1. The summed E-state index contributed by atoms with van der Waals surface area (Å²) in [5.41, 5.74) is 1.18. The number of nitrogens with one attached hydrogen (secondary N) is 3. The smallest absolute Gasteiger partial charge is 0.278 e. The lowest BCUT2D eigenvalue weighted by molar-refractivity contribution is -0.122. The summed E-state index contributed by atoms with van der Waals surface area (Å²) in [5.74, 6) is 0.718. The topological polar surface area (TPSA) is 161 Å². The highest BCUT2D eigenvalue weighted by Crippen LogP contribution is 2.23. The fourth-order valence-corrected chi connectivity index (χ4v) is 4.84. The number of nitrogens with zero attached hydrogens (tertiary/aromatic N) is 6. The van der Waals surface area contributed by atoms with Gasteiger partial charge in [-0.05, 0) is 63.7 Å². The van der Waals surface area contributed by atoms with Crippen LogP contribution in [0.15, 0.2) is 66.1 Å². The standard InChI is InChI=1S/C34H47N9O5/c1-6-18-42-32(45)27-24-37-33(40-31(27)43(42)29-10-7-9-28(39-29)34(2,3)46)38-25-11-13-26(14-12-25)41(5)19-8-16-36-30(44)15-20-47-22-23-48-21-17-35-4/h6-7,9-14,24,35,46H,1,8,15-23H2,2-5H3,(H,36,44)(H,37,38,40). The number of rotatable bonds is 20. The van der Waals surface area contributed by atoms with E-state index in [-0.39, 0.29) is 18.0 Å². The highest BCUT2D eigenvalue weighted by atomic mass is 16.5. The highest BCUT2D eigenvalue weighted by Gasteiger charge is 2.22. The van der Waals surface area contributed by atoms with E-state index in [0.717, 1.165) is 30.9 Å². The van der Waals surface area contributed by atoms with Gasteiger partial charge in [0.15, 0.2) is 11.5 Å². The third kappa shape index (κ3) is 9.94. The van der Waals surface area contributed by atoms with E-state index in [1.165, 1.54) is 10.9 Å². The zero-order valence-corrected chi connectivity index (χ0v) is 28.2. The zero-order valence-electron chi connectivity index (χ0n) is 28.2. The quantitative estimate of drug-likeness (QED) is 0.0815. The Labute approximate surface area is 280 Å². The van der Waals surface area contributed by atoms with Gasteiger partial charge in [0.05, 0.1) is 38.7 Å². The van der Waals surface area contributed by atoms with Crippen molar-refractivity contribution >= 4 is 34.3 Å². The Balaban J connectivity index is 1.32. The van der Waals surface area contributed by atoms with Crippen LogP contribution in [0.1, 0.15) is 32.4 Å². The van der Waals surface area contributed by atoms with Crippen LogP contribution in [-0.4, -0.2) is 95.5 Å². The SMILES string of the molecule is C=CCn1c(=O)c2cnc(Nc3ccc(N(C)CCCNC(=O)CCOCCOCCNC)cc3)nc2n1-c1cccc(C(C)(C)O)n1. The molecular weight excluding hydrogens is 614 g/mol. The number of ether oxygens (including phenoxy) is 2. The van der Waals surface area contributed by atoms with Crippen LogP contribution >= 0.6 is 0 Å². The van der Waals surface area contributed by atoms with Gasteiger partial charge in [0.25, 0.3) is 5.56 Å². The van der Waals surface area contributed by atoms with Crippen LogP contribution in [0.25, 0.3) is 16.9 Å². The Morgan fingerprint density at radius 1 is 1.06 bits per heavy atom. The summed E-state index contributed by atoms with van der Waals surface area (Å²) in [4.78, 5) is 41.2. The molecule has 14 nitrogen and oxygen atoms in total. The number of aromatic nitrogens is 5. The molecule has 4 N–H and O–H groups in total. The molecule has 258 valence electrons. The van der Waals surface area contributed by atoms with Crippen molar-refractivity contribution in [1.29, 1.82) is 0 Å². The summed E-state index contributed by atoms with van der Waals surface area (Å²) < 4.78 is 13.9. The number of pyridine rings is 1. The molecule has 1 aromatic carbocycles. The second-order valence-electron chi connectivity index (χ2n) is 11.7. The first-order valence-electron chi connectivity index (χ1n) is 16.1. The molecule has 0 aliphatic carbocycles. The predicted molar refractivity (Wildman–Crippen MR) is 187 cm³/mol. The van der Waals surface area contributed by atoms with E-state index in [1.807, 2.05) is 38.4 Å². The van der Waals surface area contributed by atoms with Gasteiger partial charge in [-0.25, -0.2) is 19.3 Å². The zero-order chi connectivity index (χ0) is 34.5.